The van der Waals surface area contributed by atoms with E-state index in [4.69, 9.17) is 4.42 Å². The summed E-state index contributed by atoms with van der Waals surface area (Å²) in [5.41, 5.74) is 1.30. The maximum atomic E-state index is 10.6. The number of carboxylic acids is 1. The molecule has 0 saturated heterocycles. The van der Waals surface area contributed by atoms with Crippen LogP contribution < -0.4 is 10.0 Å². The number of carbonyl (C=O) groups excluding carboxylic acids is 1. The molecule has 1 N–H and O–H groups in total. The van der Waals surface area contributed by atoms with Crippen molar-refractivity contribution in [3.05, 3.63) is 59.5 Å². The fraction of sp³-hybridized carbons (Fsp3) is 0.214. The molecule has 1 heterocycles. The van der Waals surface area contributed by atoms with Crippen LogP contribution in [-0.2, 0) is 13.1 Å². The Morgan fingerprint density at radius 2 is 1.94 bits per heavy atom. The van der Waals surface area contributed by atoms with Crippen LogP contribution >= 0.6 is 0 Å². The molecule has 0 bridgehead atoms. The van der Waals surface area contributed by atoms with Crippen molar-refractivity contribution in [3.63, 3.8) is 0 Å². The minimum Gasteiger partial charge on any atom is -0.545 e. The second-order valence-electron chi connectivity index (χ2n) is 4.37. The van der Waals surface area contributed by atoms with Gasteiger partial charge in [0.2, 0.25) is 0 Å². The number of carbonyl (C=O) groups is 1. The molecule has 1 aromatic heterocycles. The zero-order valence-electron chi connectivity index (χ0n) is 10.2. The van der Waals surface area contributed by atoms with Crippen LogP contribution in [0, 0.1) is 0 Å². The maximum Gasteiger partial charge on any atom is 0.157 e. The number of benzene rings is 1. The van der Waals surface area contributed by atoms with Gasteiger partial charge in [0.25, 0.3) is 0 Å². The molecule has 1 unspecified atom stereocenters. The van der Waals surface area contributed by atoms with E-state index in [1.54, 1.807) is 18.4 Å². The predicted molar refractivity (Wildman–Crippen MR) is 63.8 cm³/mol. The molecule has 2 rings (SSSR count). The van der Waals surface area contributed by atoms with Crippen molar-refractivity contribution in [3.8, 4) is 0 Å². The number of quaternary nitrogens is 1. The van der Waals surface area contributed by atoms with E-state index in [0.29, 0.717) is 0 Å². The lowest BCUT2D eigenvalue weighted by atomic mass is 10.1. The van der Waals surface area contributed by atoms with Gasteiger partial charge in [-0.05, 0) is 17.7 Å². The molecule has 1 atom stereocenters. The highest BCUT2D eigenvalue weighted by Gasteiger charge is 2.07. The SMILES string of the molecule is C[NH+](Cc1ccc(C(=O)[O-])cc1)Cc1ccco1. The van der Waals surface area contributed by atoms with E-state index in [1.807, 2.05) is 24.3 Å². The van der Waals surface area contributed by atoms with Crippen LogP contribution in [-0.4, -0.2) is 13.0 Å². The average Bonchev–Trinajstić information content (AvgIpc) is 2.82. The van der Waals surface area contributed by atoms with Gasteiger partial charge in [-0.25, -0.2) is 0 Å². The molecule has 0 saturated carbocycles. The van der Waals surface area contributed by atoms with Crippen LogP contribution in [0.2, 0.25) is 0 Å². The molecule has 0 amide bonds. The van der Waals surface area contributed by atoms with E-state index in [-0.39, 0.29) is 5.56 Å². The molecule has 0 fully saturated rings. The molecule has 0 radical (unpaired) electrons. The van der Waals surface area contributed by atoms with Crippen molar-refractivity contribution in [2.75, 3.05) is 7.05 Å². The highest BCUT2D eigenvalue weighted by Crippen LogP contribution is 2.03. The second kappa shape index (κ2) is 5.51. The number of hydrogen-bond acceptors (Lipinski definition) is 3. The van der Waals surface area contributed by atoms with E-state index in [1.165, 1.54) is 4.90 Å². The molecular weight excluding hydrogens is 230 g/mol. The summed E-state index contributed by atoms with van der Waals surface area (Å²) in [4.78, 5) is 11.9. The van der Waals surface area contributed by atoms with Crippen molar-refractivity contribution in [1.82, 2.24) is 0 Å². The summed E-state index contributed by atoms with van der Waals surface area (Å²) in [5.74, 6) is -0.198. The molecule has 0 aliphatic rings. The molecule has 18 heavy (non-hydrogen) atoms. The Kier molecular flexibility index (Phi) is 3.79. The van der Waals surface area contributed by atoms with Crippen LogP contribution in [0.5, 0.6) is 0 Å². The molecule has 0 aliphatic carbocycles. The Labute approximate surface area is 105 Å². The van der Waals surface area contributed by atoms with E-state index < -0.39 is 5.97 Å². The Balaban J connectivity index is 1.94. The number of rotatable bonds is 5. The van der Waals surface area contributed by atoms with Gasteiger partial charge in [0.15, 0.2) is 5.76 Å². The number of aromatic carboxylic acids is 1. The first kappa shape index (κ1) is 12.4. The number of nitrogens with one attached hydrogen (secondary N) is 1. The fourth-order valence-corrected chi connectivity index (χ4v) is 1.88. The van der Waals surface area contributed by atoms with Crippen molar-refractivity contribution >= 4 is 5.97 Å². The van der Waals surface area contributed by atoms with Gasteiger partial charge in [0, 0.05) is 5.56 Å². The van der Waals surface area contributed by atoms with Crippen LogP contribution in [0.3, 0.4) is 0 Å². The monoisotopic (exact) mass is 245 g/mol. The zero-order chi connectivity index (χ0) is 13.0. The van der Waals surface area contributed by atoms with Gasteiger partial charge in [-0.3, -0.25) is 0 Å². The average molecular weight is 245 g/mol. The third-order valence-corrected chi connectivity index (χ3v) is 2.75. The van der Waals surface area contributed by atoms with Crippen LogP contribution in [0.15, 0.2) is 47.1 Å². The molecule has 0 aliphatic heterocycles. The van der Waals surface area contributed by atoms with Gasteiger partial charge in [0.1, 0.15) is 13.1 Å². The third-order valence-electron chi connectivity index (χ3n) is 2.75. The smallest absolute Gasteiger partial charge is 0.157 e. The van der Waals surface area contributed by atoms with E-state index in [2.05, 4.69) is 7.05 Å². The van der Waals surface area contributed by atoms with E-state index >= 15 is 0 Å². The number of furan rings is 1. The Morgan fingerprint density at radius 1 is 1.22 bits per heavy atom. The Bertz CT molecular complexity index is 502. The first-order valence-electron chi connectivity index (χ1n) is 5.79. The maximum absolute atomic E-state index is 10.6. The van der Waals surface area contributed by atoms with Gasteiger partial charge in [-0.1, -0.05) is 24.3 Å². The molecule has 2 aromatic rings. The molecule has 4 heteroatoms. The van der Waals surface area contributed by atoms with Gasteiger partial charge in [-0.15, -0.1) is 0 Å². The van der Waals surface area contributed by atoms with Gasteiger partial charge >= 0.3 is 0 Å². The van der Waals surface area contributed by atoms with Gasteiger partial charge in [0.05, 0.1) is 19.3 Å². The number of hydrogen-bond donors (Lipinski definition) is 1. The summed E-state index contributed by atoms with van der Waals surface area (Å²) in [6, 6.07) is 10.6. The lowest BCUT2D eigenvalue weighted by Crippen LogP contribution is -3.06. The van der Waals surface area contributed by atoms with E-state index in [0.717, 1.165) is 24.4 Å². The minimum absolute atomic E-state index is 0.211. The van der Waals surface area contributed by atoms with Crippen LogP contribution in [0.1, 0.15) is 21.7 Å². The summed E-state index contributed by atoms with van der Waals surface area (Å²) in [6.45, 7) is 1.61. The number of carboxylic acid groups (broad SMARTS) is 1. The van der Waals surface area contributed by atoms with Gasteiger partial charge < -0.3 is 19.2 Å². The summed E-state index contributed by atoms with van der Waals surface area (Å²) >= 11 is 0. The zero-order valence-corrected chi connectivity index (χ0v) is 10.2. The van der Waals surface area contributed by atoms with E-state index in [9.17, 15) is 9.90 Å². The summed E-state index contributed by atoms with van der Waals surface area (Å²) < 4.78 is 5.29. The predicted octanol–water partition coefficient (Wildman–Crippen LogP) is -0.142. The Hall–Kier alpha value is -2.07. The molecule has 1 aromatic carbocycles. The minimum atomic E-state index is -1.14. The third kappa shape index (κ3) is 3.21. The van der Waals surface area contributed by atoms with Crippen molar-refractivity contribution < 1.29 is 19.2 Å². The second-order valence-corrected chi connectivity index (χ2v) is 4.37. The first-order chi connectivity index (χ1) is 8.65. The molecular formula is C14H15NO3. The standard InChI is InChI=1S/C14H15NO3/c1-15(10-13-3-2-8-18-13)9-11-4-6-12(7-5-11)14(16)17/h2-8H,9-10H2,1H3,(H,16,17). The molecule has 94 valence electrons. The topological polar surface area (TPSA) is 57.7 Å². The summed E-state index contributed by atoms with van der Waals surface area (Å²) in [6.07, 6.45) is 1.66. The molecule has 4 nitrogen and oxygen atoms in total. The van der Waals surface area contributed by atoms with Crippen molar-refractivity contribution in [1.29, 1.82) is 0 Å². The van der Waals surface area contributed by atoms with Crippen LogP contribution in [0.4, 0.5) is 0 Å². The summed E-state index contributed by atoms with van der Waals surface area (Å²) in [7, 11) is 2.06. The highest BCUT2D eigenvalue weighted by atomic mass is 16.4. The normalized spacial score (nSPS) is 12.3. The van der Waals surface area contributed by atoms with Crippen molar-refractivity contribution in [2.45, 2.75) is 13.1 Å². The largest absolute Gasteiger partial charge is 0.545 e. The highest BCUT2D eigenvalue weighted by molar-refractivity contribution is 5.85. The summed E-state index contributed by atoms with van der Waals surface area (Å²) in [5, 5.41) is 10.6. The lowest BCUT2D eigenvalue weighted by Gasteiger charge is -2.13. The Morgan fingerprint density at radius 3 is 2.50 bits per heavy atom. The fourth-order valence-electron chi connectivity index (χ4n) is 1.88. The lowest BCUT2D eigenvalue weighted by molar-refractivity contribution is -0.908. The molecule has 0 spiro atoms. The van der Waals surface area contributed by atoms with Crippen LogP contribution in [0.25, 0.3) is 0 Å². The quantitative estimate of drug-likeness (QED) is 0.797. The first-order valence-corrected chi connectivity index (χ1v) is 5.79. The van der Waals surface area contributed by atoms with Gasteiger partial charge in [-0.2, -0.15) is 0 Å². The van der Waals surface area contributed by atoms with Crippen molar-refractivity contribution in [2.24, 2.45) is 0 Å².